The number of hydrogen-bond donors (Lipinski definition) is 3. The highest BCUT2D eigenvalue weighted by Gasteiger charge is 2.36. The van der Waals surface area contributed by atoms with E-state index in [1.165, 1.54) is 7.11 Å². The quantitative estimate of drug-likeness (QED) is 0.490. The number of carbonyl (C=O) groups is 1. The number of fused-ring (bicyclic) bond motifs is 1. The van der Waals surface area contributed by atoms with Gasteiger partial charge in [-0.3, -0.25) is 4.79 Å². The van der Waals surface area contributed by atoms with Crippen LogP contribution in [0.5, 0.6) is 5.75 Å². The van der Waals surface area contributed by atoms with E-state index in [1.54, 1.807) is 29.2 Å². The molecule has 0 atom stereocenters. The van der Waals surface area contributed by atoms with Gasteiger partial charge in [-0.25, -0.2) is 4.98 Å². The second-order valence-corrected chi connectivity index (χ2v) is 8.34. The number of benzene rings is 1. The summed E-state index contributed by atoms with van der Waals surface area (Å²) in [5.74, 6) is 0.645. The molecule has 1 aliphatic heterocycles. The number of H-pyrrole nitrogens is 1. The van der Waals surface area contributed by atoms with Crippen molar-refractivity contribution in [3.8, 4) is 5.75 Å². The lowest BCUT2D eigenvalue weighted by Crippen LogP contribution is -2.40. The molecule has 3 heterocycles. The first-order chi connectivity index (χ1) is 16.3. The number of carbonyl (C=O) groups excluding carboxylic acids is 1. The van der Waals surface area contributed by atoms with Gasteiger partial charge in [0.1, 0.15) is 17.2 Å². The summed E-state index contributed by atoms with van der Waals surface area (Å²) in [6, 6.07) is 6.73. The van der Waals surface area contributed by atoms with Crippen molar-refractivity contribution in [3.63, 3.8) is 0 Å². The topological polar surface area (TPSA) is 91.5 Å². The number of anilines is 3. The third-order valence-corrected chi connectivity index (χ3v) is 5.89. The molecule has 0 spiro atoms. The Hall–Kier alpha value is -3.47. The summed E-state index contributed by atoms with van der Waals surface area (Å²) in [4.78, 5) is 21.5. The van der Waals surface area contributed by atoms with Crippen LogP contribution in [0.25, 0.3) is 11.0 Å². The second kappa shape index (κ2) is 8.71. The van der Waals surface area contributed by atoms with Crippen LogP contribution in [-0.4, -0.2) is 60.2 Å². The zero-order valence-electron chi connectivity index (χ0n) is 18.5. The number of ether oxygens (including phenoxy) is 2. The highest BCUT2D eigenvalue weighted by atomic mass is 19.4. The van der Waals surface area contributed by atoms with E-state index in [0.29, 0.717) is 54.8 Å². The summed E-state index contributed by atoms with van der Waals surface area (Å²) in [5.41, 5.74) is 0.740. The Morgan fingerprint density at radius 1 is 1.21 bits per heavy atom. The number of alkyl halides is 3. The second-order valence-electron chi connectivity index (χ2n) is 8.34. The molecule has 34 heavy (non-hydrogen) atoms. The Balaban J connectivity index is 1.46. The Labute approximate surface area is 193 Å². The van der Waals surface area contributed by atoms with E-state index in [4.69, 9.17) is 9.47 Å². The first-order valence-electron chi connectivity index (χ1n) is 11.0. The molecule has 2 fully saturated rings. The predicted octanol–water partition coefficient (Wildman–Crippen LogP) is 4.38. The van der Waals surface area contributed by atoms with Gasteiger partial charge in [-0.05, 0) is 31.0 Å². The molecule has 180 valence electrons. The number of methoxy groups -OCH3 is 1. The van der Waals surface area contributed by atoms with Crippen molar-refractivity contribution >= 4 is 34.1 Å². The van der Waals surface area contributed by atoms with Crippen molar-refractivity contribution in [2.24, 2.45) is 0 Å². The number of pyridine rings is 1. The zero-order chi connectivity index (χ0) is 23.9. The average molecular weight is 475 g/mol. The summed E-state index contributed by atoms with van der Waals surface area (Å²) >= 11 is 0. The van der Waals surface area contributed by atoms with Crippen LogP contribution in [0.2, 0.25) is 0 Å². The molecule has 0 unspecified atom stereocenters. The molecular weight excluding hydrogens is 451 g/mol. The smallest absolute Gasteiger partial charge is 0.418 e. The number of rotatable bonds is 6. The van der Waals surface area contributed by atoms with Crippen LogP contribution in [0, 0.1) is 0 Å². The monoisotopic (exact) mass is 475 g/mol. The Morgan fingerprint density at radius 3 is 2.65 bits per heavy atom. The molecule has 3 aromatic rings. The molecule has 5 rings (SSSR count). The van der Waals surface area contributed by atoms with E-state index in [0.717, 1.165) is 19.0 Å². The lowest BCUT2D eigenvalue weighted by molar-refractivity contribution is -0.136. The summed E-state index contributed by atoms with van der Waals surface area (Å²) in [6.07, 6.45) is -1.75. The molecule has 0 radical (unpaired) electrons. The normalized spacial score (nSPS) is 16.5. The Morgan fingerprint density at radius 2 is 1.97 bits per heavy atom. The molecule has 2 aliphatic rings. The van der Waals surface area contributed by atoms with Gasteiger partial charge < -0.3 is 30.0 Å². The SMILES string of the molecule is COc1cc(C(=O)N2CCOCC2)ccc1Nc1cc(NC2CC2)c2c(C(F)(F)F)c[nH]c2n1. The number of nitrogens with one attached hydrogen (secondary N) is 3. The van der Waals surface area contributed by atoms with E-state index in [-0.39, 0.29) is 23.0 Å². The van der Waals surface area contributed by atoms with Crippen LogP contribution < -0.4 is 15.4 Å². The van der Waals surface area contributed by atoms with E-state index >= 15 is 0 Å². The zero-order valence-corrected chi connectivity index (χ0v) is 18.5. The molecule has 8 nitrogen and oxygen atoms in total. The molecule has 1 aromatic carbocycles. The highest BCUT2D eigenvalue weighted by molar-refractivity contribution is 5.97. The van der Waals surface area contributed by atoms with Crippen LogP contribution >= 0.6 is 0 Å². The molecular formula is C23H24F3N5O3. The third-order valence-electron chi connectivity index (χ3n) is 5.89. The van der Waals surface area contributed by atoms with E-state index < -0.39 is 11.7 Å². The van der Waals surface area contributed by atoms with E-state index in [2.05, 4.69) is 20.6 Å². The van der Waals surface area contributed by atoms with Crippen molar-refractivity contribution in [1.82, 2.24) is 14.9 Å². The minimum absolute atomic E-state index is 0.0170. The van der Waals surface area contributed by atoms with Gasteiger partial charge in [-0.2, -0.15) is 13.2 Å². The van der Waals surface area contributed by atoms with Gasteiger partial charge in [-0.15, -0.1) is 0 Å². The number of aromatic nitrogens is 2. The lowest BCUT2D eigenvalue weighted by atomic mass is 10.1. The number of aromatic amines is 1. The summed E-state index contributed by atoms with van der Waals surface area (Å²) < 4.78 is 51.3. The van der Waals surface area contributed by atoms with Gasteiger partial charge in [0.05, 0.1) is 37.0 Å². The molecule has 2 aromatic heterocycles. The minimum atomic E-state index is -4.50. The van der Waals surface area contributed by atoms with Gasteiger partial charge in [0.15, 0.2) is 0 Å². The first kappa shape index (κ1) is 22.3. The number of morpholine rings is 1. The fourth-order valence-corrected chi connectivity index (χ4v) is 4.00. The fraction of sp³-hybridized carbons (Fsp3) is 0.391. The highest BCUT2D eigenvalue weighted by Crippen LogP contribution is 2.41. The van der Waals surface area contributed by atoms with Crippen molar-refractivity contribution in [2.45, 2.75) is 25.1 Å². The van der Waals surface area contributed by atoms with Crippen molar-refractivity contribution in [3.05, 3.63) is 41.6 Å². The Bertz CT molecular complexity index is 1220. The minimum Gasteiger partial charge on any atom is -0.495 e. The van der Waals surface area contributed by atoms with Crippen molar-refractivity contribution in [2.75, 3.05) is 44.0 Å². The van der Waals surface area contributed by atoms with Crippen LogP contribution in [0.4, 0.5) is 30.4 Å². The molecule has 0 bridgehead atoms. The number of nitrogens with zero attached hydrogens (tertiary/aromatic N) is 2. The maximum absolute atomic E-state index is 13.5. The van der Waals surface area contributed by atoms with Gasteiger partial charge in [0.2, 0.25) is 0 Å². The van der Waals surface area contributed by atoms with E-state index in [1.807, 2.05) is 0 Å². The molecule has 1 saturated heterocycles. The lowest BCUT2D eigenvalue weighted by Gasteiger charge is -2.27. The van der Waals surface area contributed by atoms with Gasteiger partial charge >= 0.3 is 6.18 Å². The molecule has 11 heteroatoms. The molecule has 1 saturated carbocycles. The van der Waals surface area contributed by atoms with Crippen molar-refractivity contribution < 1.29 is 27.4 Å². The number of hydrogen-bond acceptors (Lipinski definition) is 6. The first-order valence-corrected chi connectivity index (χ1v) is 11.0. The fourth-order valence-electron chi connectivity index (χ4n) is 4.00. The standard InChI is InChI=1S/C23H24F3N5O3/c1-33-18-10-13(22(32)31-6-8-34-9-7-31)2-5-16(18)29-19-11-17(28-14-3-4-14)20-15(23(24,25)26)12-27-21(20)30-19/h2,5,10-12,14H,3-4,6-9H2,1H3,(H3,27,28,29,30). The van der Waals surface area contributed by atoms with Gasteiger partial charge in [0.25, 0.3) is 5.91 Å². The summed E-state index contributed by atoms with van der Waals surface area (Å²) in [7, 11) is 1.49. The number of halogens is 3. The summed E-state index contributed by atoms with van der Waals surface area (Å²) in [5, 5.41) is 6.32. The maximum Gasteiger partial charge on any atom is 0.418 e. The largest absolute Gasteiger partial charge is 0.495 e. The van der Waals surface area contributed by atoms with Gasteiger partial charge in [0, 0.05) is 42.6 Å². The van der Waals surface area contributed by atoms with Crippen LogP contribution in [-0.2, 0) is 10.9 Å². The predicted molar refractivity (Wildman–Crippen MR) is 121 cm³/mol. The summed E-state index contributed by atoms with van der Waals surface area (Å²) in [6.45, 7) is 2.06. The maximum atomic E-state index is 13.5. The van der Waals surface area contributed by atoms with Gasteiger partial charge in [-0.1, -0.05) is 0 Å². The molecule has 1 aliphatic carbocycles. The molecule has 3 N–H and O–H groups in total. The third kappa shape index (κ3) is 4.47. The van der Waals surface area contributed by atoms with Crippen LogP contribution in [0.15, 0.2) is 30.5 Å². The number of amides is 1. The van der Waals surface area contributed by atoms with Crippen LogP contribution in [0.3, 0.4) is 0 Å². The Kier molecular flexibility index (Phi) is 5.72. The molecule has 1 amide bonds. The van der Waals surface area contributed by atoms with Crippen LogP contribution in [0.1, 0.15) is 28.8 Å². The average Bonchev–Trinajstić information content (AvgIpc) is 3.53. The van der Waals surface area contributed by atoms with Crippen molar-refractivity contribution in [1.29, 1.82) is 0 Å². The van der Waals surface area contributed by atoms with E-state index in [9.17, 15) is 18.0 Å².